The molecule has 0 aliphatic carbocycles. The van der Waals surface area contributed by atoms with E-state index in [1.807, 2.05) is 26.0 Å². The molecule has 1 atom stereocenters. The minimum atomic E-state index is -4.53. The maximum atomic E-state index is 13.6. The molecule has 3 aromatic carbocycles. The fourth-order valence-corrected chi connectivity index (χ4v) is 4.34. The van der Waals surface area contributed by atoms with E-state index < -0.39 is 29.8 Å². The van der Waals surface area contributed by atoms with Gasteiger partial charge in [0.25, 0.3) is 0 Å². The number of halogens is 4. The number of cyclic esters (lactones) is 1. The fourth-order valence-electron chi connectivity index (χ4n) is 4.34. The van der Waals surface area contributed by atoms with E-state index in [9.17, 15) is 22.4 Å². The average Bonchev–Trinajstić information content (AvgIpc) is 2.84. The van der Waals surface area contributed by atoms with Crippen LogP contribution in [0.5, 0.6) is 5.75 Å². The van der Waals surface area contributed by atoms with E-state index in [0.29, 0.717) is 34.4 Å². The average molecular weight is 502 g/mol. The van der Waals surface area contributed by atoms with Crippen molar-refractivity contribution in [3.8, 4) is 16.9 Å². The molecule has 1 aliphatic heterocycles. The number of carbonyl (C=O) groups is 1. The van der Waals surface area contributed by atoms with Gasteiger partial charge in [-0.15, -0.1) is 0 Å². The zero-order valence-electron chi connectivity index (χ0n) is 20.2. The summed E-state index contributed by atoms with van der Waals surface area (Å²) in [5, 5.41) is 0. The molecule has 0 N–H and O–H groups in total. The van der Waals surface area contributed by atoms with E-state index in [4.69, 9.17) is 9.47 Å². The Hall–Kier alpha value is -3.55. The number of amides is 1. The van der Waals surface area contributed by atoms with Gasteiger partial charge in [0.05, 0.1) is 12.7 Å². The summed E-state index contributed by atoms with van der Waals surface area (Å²) < 4.78 is 65.1. The van der Waals surface area contributed by atoms with Crippen LogP contribution in [0.1, 0.15) is 54.5 Å². The summed E-state index contributed by atoms with van der Waals surface area (Å²) in [6.07, 6.45) is -5.29. The van der Waals surface area contributed by atoms with Crippen LogP contribution in [-0.4, -0.2) is 24.6 Å². The van der Waals surface area contributed by atoms with E-state index in [1.165, 1.54) is 30.2 Å². The molecule has 0 radical (unpaired) electrons. The molecule has 36 heavy (non-hydrogen) atoms. The Balaban J connectivity index is 1.67. The second kappa shape index (κ2) is 10.2. The van der Waals surface area contributed by atoms with E-state index in [-0.39, 0.29) is 19.0 Å². The second-order valence-electron chi connectivity index (χ2n) is 9.12. The number of rotatable bonds is 6. The van der Waals surface area contributed by atoms with Crippen LogP contribution in [-0.2, 0) is 17.5 Å². The summed E-state index contributed by atoms with van der Waals surface area (Å²) in [6, 6.07) is 14.9. The van der Waals surface area contributed by atoms with Crippen LogP contribution in [0, 0.1) is 5.82 Å². The molecular weight excluding hydrogens is 474 g/mol. The standard InChI is InChI=1S/C28H27F4NO3/c1-17(2)19-6-11-26(35-3)24(15-19)23-10-7-21(28(30,31)32)14-20(23)16-33-13-12-25(36-27(33)34)18-4-8-22(29)9-5-18/h4-11,14-15,17,25H,12-13,16H2,1-3H3/t25-/m1/s1. The van der Waals surface area contributed by atoms with Gasteiger partial charge in [0.15, 0.2) is 0 Å². The lowest BCUT2D eigenvalue weighted by Crippen LogP contribution is -2.38. The molecule has 0 spiro atoms. The highest BCUT2D eigenvalue weighted by Gasteiger charge is 2.33. The van der Waals surface area contributed by atoms with Crippen molar-refractivity contribution in [1.29, 1.82) is 0 Å². The van der Waals surface area contributed by atoms with Crippen molar-refractivity contribution < 1.29 is 31.8 Å². The van der Waals surface area contributed by atoms with Crippen molar-refractivity contribution in [3.63, 3.8) is 0 Å². The van der Waals surface area contributed by atoms with E-state index in [1.54, 1.807) is 18.2 Å². The first-order valence-corrected chi connectivity index (χ1v) is 11.7. The van der Waals surface area contributed by atoms with E-state index in [0.717, 1.165) is 17.7 Å². The molecule has 0 aromatic heterocycles. The van der Waals surface area contributed by atoms with Gasteiger partial charge in [-0.05, 0) is 64.6 Å². The normalized spacial score (nSPS) is 16.3. The maximum absolute atomic E-state index is 13.6. The van der Waals surface area contributed by atoms with Gasteiger partial charge in [-0.1, -0.05) is 38.1 Å². The smallest absolute Gasteiger partial charge is 0.416 e. The van der Waals surface area contributed by atoms with Crippen LogP contribution in [0.4, 0.5) is 22.4 Å². The number of ether oxygens (including phenoxy) is 2. The van der Waals surface area contributed by atoms with E-state index in [2.05, 4.69) is 0 Å². The maximum Gasteiger partial charge on any atom is 0.416 e. The summed E-state index contributed by atoms with van der Waals surface area (Å²) in [6.45, 7) is 4.27. The lowest BCUT2D eigenvalue weighted by atomic mass is 9.92. The summed E-state index contributed by atoms with van der Waals surface area (Å²) >= 11 is 0. The number of nitrogens with zero attached hydrogens (tertiary/aromatic N) is 1. The molecule has 1 amide bonds. The number of alkyl halides is 3. The van der Waals surface area contributed by atoms with Gasteiger partial charge in [0, 0.05) is 25.1 Å². The molecule has 3 aromatic rings. The minimum absolute atomic E-state index is 0.0662. The summed E-state index contributed by atoms with van der Waals surface area (Å²) in [5.41, 5.74) is 2.42. The zero-order valence-corrected chi connectivity index (χ0v) is 20.2. The Kier molecular flexibility index (Phi) is 7.24. The van der Waals surface area contributed by atoms with Crippen molar-refractivity contribution >= 4 is 6.09 Å². The predicted octanol–water partition coefficient (Wildman–Crippen LogP) is 7.73. The van der Waals surface area contributed by atoms with Gasteiger partial charge in [-0.2, -0.15) is 13.2 Å². The zero-order chi connectivity index (χ0) is 26.0. The molecule has 0 saturated carbocycles. The molecule has 1 heterocycles. The van der Waals surface area contributed by atoms with Crippen LogP contribution in [0.25, 0.3) is 11.1 Å². The third-order valence-electron chi connectivity index (χ3n) is 6.38. The Labute approximate surface area is 207 Å². The topological polar surface area (TPSA) is 38.8 Å². The highest BCUT2D eigenvalue weighted by molar-refractivity contribution is 5.76. The van der Waals surface area contributed by atoms with Crippen LogP contribution >= 0.6 is 0 Å². The summed E-state index contributed by atoms with van der Waals surface area (Å²) in [5.74, 6) is 0.336. The molecule has 0 bridgehead atoms. The van der Waals surface area contributed by atoms with Gasteiger partial charge < -0.3 is 14.4 Å². The third kappa shape index (κ3) is 5.48. The second-order valence-corrected chi connectivity index (χ2v) is 9.12. The first-order valence-electron chi connectivity index (χ1n) is 11.7. The monoisotopic (exact) mass is 501 g/mol. The van der Waals surface area contributed by atoms with Gasteiger partial charge in [0.2, 0.25) is 0 Å². The predicted molar refractivity (Wildman–Crippen MR) is 128 cm³/mol. The largest absolute Gasteiger partial charge is 0.496 e. The molecular formula is C28H27F4NO3. The highest BCUT2D eigenvalue weighted by atomic mass is 19.4. The number of carbonyl (C=O) groups excluding carboxylic acids is 1. The number of hydrogen-bond acceptors (Lipinski definition) is 3. The minimum Gasteiger partial charge on any atom is -0.496 e. The van der Waals surface area contributed by atoms with Gasteiger partial charge in [-0.3, -0.25) is 0 Å². The third-order valence-corrected chi connectivity index (χ3v) is 6.38. The lowest BCUT2D eigenvalue weighted by Gasteiger charge is -2.32. The van der Waals surface area contributed by atoms with Crippen molar-refractivity contribution in [2.75, 3.05) is 13.7 Å². The first kappa shape index (κ1) is 25.5. The molecule has 0 unspecified atom stereocenters. The molecule has 1 aliphatic rings. The molecule has 8 heteroatoms. The van der Waals surface area contributed by atoms with Crippen molar-refractivity contribution in [1.82, 2.24) is 4.90 Å². The lowest BCUT2D eigenvalue weighted by molar-refractivity contribution is -0.137. The molecule has 1 saturated heterocycles. The Morgan fingerprint density at radius 2 is 1.75 bits per heavy atom. The fraction of sp³-hybridized carbons (Fsp3) is 0.321. The molecule has 4 nitrogen and oxygen atoms in total. The van der Waals surface area contributed by atoms with Crippen LogP contribution < -0.4 is 4.74 Å². The van der Waals surface area contributed by atoms with E-state index >= 15 is 0 Å². The van der Waals surface area contributed by atoms with Gasteiger partial charge >= 0.3 is 12.3 Å². The van der Waals surface area contributed by atoms with Crippen LogP contribution in [0.3, 0.4) is 0 Å². The van der Waals surface area contributed by atoms with Gasteiger partial charge in [0.1, 0.15) is 17.7 Å². The van der Waals surface area contributed by atoms with Crippen LogP contribution in [0.2, 0.25) is 0 Å². The summed E-state index contributed by atoms with van der Waals surface area (Å²) in [4.78, 5) is 14.2. The van der Waals surface area contributed by atoms with Crippen molar-refractivity contribution in [2.24, 2.45) is 0 Å². The highest BCUT2D eigenvalue weighted by Crippen LogP contribution is 2.39. The van der Waals surface area contributed by atoms with Crippen molar-refractivity contribution in [2.45, 2.75) is 45.0 Å². The number of hydrogen-bond donors (Lipinski definition) is 0. The van der Waals surface area contributed by atoms with Crippen LogP contribution in [0.15, 0.2) is 60.7 Å². The Morgan fingerprint density at radius 1 is 1.03 bits per heavy atom. The quantitative estimate of drug-likeness (QED) is 0.325. The number of methoxy groups -OCH3 is 1. The molecule has 190 valence electrons. The van der Waals surface area contributed by atoms with Crippen molar-refractivity contribution in [3.05, 3.63) is 88.7 Å². The molecule has 4 rings (SSSR count). The van der Waals surface area contributed by atoms with Gasteiger partial charge in [-0.25, -0.2) is 9.18 Å². The Bertz CT molecular complexity index is 1240. The SMILES string of the molecule is COc1ccc(C(C)C)cc1-c1ccc(C(F)(F)F)cc1CN1CC[C@H](c2ccc(F)cc2)OC1=O. The summed E-state index contributed by atoms with van der Waals surface area (Å²) in [7, 11) is 1.51. The number of benzene rings is 3. The first-order chi connectivity index (χ1) is 17.1. The molecule has 1 fully saturated rings. The Morgan fingerprint density at radius 3 is 2.36 bits per heavy atom.